The number of ether oxygens (including phenoxy) is 1. The number of hydrogen-bond acceptors (Lipinski definition) is 3. The average molecular weight is 242 g/mol. The molecule has 1 N–H and O–H groups in total. The van der Waals surface area contributed by atoms with E-state index in [1.54, 1.807) is 18.2 Å². The largest absolute Gasteiger partial charge is 0.507 e. The Morgan fingerprint density at radius 1 is 1.28 bits per heavy atom. The van der Waals surface area contributed by atoms with E-state index in [2.05, 4.69) is 6.58 Å². The predicted octanol–water partition coefficient (Wildman–Crippen LogP) is 3.28. The van der Waals surface area contributed by atoms with Crippen molar-refractivity contribution in [2.75, 3.05) is 6.61 Å². The van der Waals surface area contributed by atoms with Gasteiger partial charge in [-0.1, -0.05) is 30.3 Å². The summed E-state index contributed by atoms with van der Waals surface area (Å²) in [5, 5.41) is 11.6. The molecular weight excluding hydrogens is 228 g/mol. The summed E-state index contributed by atoms with van der Waals surface area (Å²) in [4.78, 5) is 11.8. The topological polar surface area (TPSA) is 46.5 Å². The zero-order valence-corrected chi connectivity index (χ0v) is 9.93. The number of carbonyl (C=O) groups excluding carboxylic acids is 1. The molecule has 0 aliphatic rings. The Morgan fingerprint density at radius 2 is 1.94 bits per heavy atom. The number of fused-ring (bicyclic) bond motifs is 1. The van der Waals surface area contributed by atoms with Gasteiger partial charge in [0.15, 0.2) is 0 Å². The normalized spacial score (nSPS) is 10.2. The summed E-state index contributed by atoms with van der Waals surface area (Å²) in [7, 11) is 0. The number of carbonyl (C=O) groups is 1. The summed E-state index contributed by atoms with van der Waals surface area (Å²) in [6.45, 7) is 3.82. The lowest BCUT2D eigenvalue weighted by Crippen LogP contribution is -2.06. The fourth-order valence-electron chi connectivity index (χ4n) is 1.70. The summed E-state index contributed by atoms with van der Waals surface area (Å²) < 4.78 is 5.03. The fraction of sp³-hybridized carbons (Fsp3) is 0.133. The van der Waals surface area contributed by atoms with Crippen molar-refractivity contribution in [2.45, 2.75) is 6.42 Å². The number of phenolic OH excluding ortho intramolecular Hbond substituents is 1. The Kier molecular flexibility index (Phi) is 3.63. The van der Waals surface area contributed by atoms with Gasteiger partial charge in [0, 0.05) is 0 Å². The lowest BCUT2D eigenvalue weighted by Gasteiger charge is -2.07. The first kappa shape index (κ1) is 12.2. The van der Waals surface area contributed by atoms with Gasteiger partial charge in [-0.3, -0.25) is 0 Å². The van der Waals surface area contributed by atoms with Crippen LogP contribution in [0.15, 0.2) is 49.1 Å². The van der Waals surface area contributed by atoms with Crippen LogP contribution in [0.3, 0.4) is 0 Å². The molecule has 0 saturated heterocycles. The molecule has 0 unspecified atom stereocenters. The third-order valence-corrected chi connectivity index (χ3v) is 2.64. The second-order valence-corrected chi connectivity index (χ2v) is 3.93. The molecule has 0 aliphatic heterocycles. The Morgan fingerprint density at radius 3 is 2.61 bits per heavy atom. The van der Waals surface area contributed by atoms with Gasteiger partial charge in [-0.05, 0) is 29.3 Å². The quantitative estimate of drug-likeness (QED) is 0.508. The monoisotopic (exact) mass is 242 g/mol. The molecule has 0 radical (unpaired) electrons. The maximum absolute atomic E-state index is 11.8. The first-order valence-corrected chi connectivity index (χ1v) is 5.72. The molecule has 0 heterocycles. The molecule has 0 fully saturated rings. The van der Waals surface area contributed by atoms with Crippen molar-refractivity contribution >= 4 is 16.7 Å². The molecule has 0 saturated carbocycles. The standard InChI is InChI=1S/C15H14O3/c1-2-3-8-18-15(17)13-9-11-6-4-5-7-12(11)10-14(13)16/h2,4-7,9-10,16H,1,3,8H2. The van der Waals surface area contributed by atoms with Crippen molar-refractivity contribution in [1.29, 1.82) is 0 Å². The van der Waals surface area contributed by atoms with Crippen molar-refractivity contribution < 1.29 is 14.6 Å². The molecule has 0 amide bonds. The van der Waals surface area contributed by atoms with Crippen molar-refractivity contribution in [2.24, 2.45) is 0 Å². The second kappa shape index (κ2) is 5.36. The number of benzene rings is 2. The van der Waals surface area contributed by atoms with E-state index in [-0.39, 0.29) is 17.9 Å². The number of aromatic hydroxyl groups is 1. The summed E-state index contributed by atoms with van der Waals surface area (Å²) in [5.74, 6) is -0.572. The predicted molar refractivity (Wildman–Crippen MR) is 70.7 cm³/mol. The molecule has 0 spiro atoms. The van der Waals surface area contributed by atoms with E-state index < -0.39 is 5.97 Å². The van der Waals surface area contributed by atoms with Crippen LogP contribution < -0.4 is 0 Å². The molecule has 3 nitrogen and oxygen atoms in total. The van der Waals surface area contributed by atoms with E-state index in [0.29, 0.717) is 6.42 Å². The van der Waals surface area contributed by atoms with Crippen LogP contribution in [0.2, 0.25) is 0 Å². The van der Waals surface area contributed by atoms with Crippen molar-refractivity contribution in [3.05, 3.63) is 54.6 Å². The SMILES string of the molecule is C=CCCOC(=O)c1cc2ccccc2cc1O. The second-order valence-electron chi connectivity index (χ2n) is 3.93. The molecule has 2 aromatic rings. The van der Waals surface area contributed by atoms with Crippen LogP contribution in [-0.2, 0) is 4.74 Å². The van der Waals surface area contributed by atoms with E-state index >= 15 is 0 Å². The van der Waals surface area contributed by atoms with E-state index in [1.165, 1.54) is 0 Å². The Balaban J connectivity index is 2.29. The van der Waals surface area contributed by atoms with Crippen LogP contribution in [0, 0.1) is 0 Å². The highest BCUT2D eigenvalue weighted by Crippen LogP contribution is 2.25. The highest BCUT2D eigenvalue weighted by molar-refractivity contribution is 5.98. The van der Waals surface area contributed by atoms with Gasteiger partial charge in [0.1, 0.15) is 11.3 Å². The van der Waals surface area contributed by atoms with E-state index in [4.69, 9.17) is 4.74 Å². The minimum Gasteiger partial charge on any atom is -0.507 e. The van der Waals surface area contributed by atoms with Gasteiger partial charge in [-0.15, -0.1) is 6.58 Å². The third kappa shape index (κ3) is 2.51. The van der Waals surface area contributed by atoms with Crippen LogP contribution in [0.5, 0.6) is 5.75 Å². The van der Waals surface area contributed by atoms with Crippen molar-refractivity contribution in [3.8, 4) is 5.75 Å². The highest BCUT2D eigenvalue weighted by atomic mass is 16.5. The molecular formula is C15H14O3. The molecule has 0 atom stereocenters. The van der Waals surface area contributed by atoms with Crippen LogP contribution >= 0.6 is 0 Å². The maximum Gasteiger partial charge on any atom is 0.341 e. The van der Waals surface area contributed by atoms with E-state index in [0.717, 1.165) is 10.8 Å². The molecule has 3 heteroatoms. The summed E-state index contributed by atoms with van der Waals surface area (Å²) in [5.41, 5.74) is 0.192. The molecule has 18 heavy (non-hydrogen) atoms. The first-order chi connectivity index (χ1) is 8.72. The van der Waals surface area contributed by atoms with Crippen LogP contribution in [0.4, 0.5) is 0 Å². The zero-order valence-electron chi connectivity index (χ0n) is 9.93. The highest BCUT2D eigenvalue weighted by Gasteiger charge is 2.13. The Bertz CT molecular complexity index is 587. The van der Waals surface area contributed by atoms with Crippen molar-refractivity contribution in [3.63, 3.8) is 0 Å². The van der Waals surface area contributed by atoms with Gasteiger partial charge < -0.3 is 9.84 Å². The third-order valence-electron chi connectivity index (χ3n) is 2.64. The van der Waals surface area contributed by atoms with E-state index in [9.17, 15) is 9.90 Å². The zero-order chi connectivity index (χ0) is 13.0. The smallest absolute Gasteiger partial charge is 0.341 e. The molecule has 2 rings (SSSR count). The number of phenols is 1. The molecule has 0 aliphatic carbocycles. The van der Waals surface area contributed by atoms with Gasteiger partial charge in [-0.2, -0.15) is 0 Å². The lowest BCUT2D eigenvalue weighted by molar-refractivity contribution is 0.0509. The van der Waals surface area contributed by atoms with Crippen LogP contribution in [0.1, 0.15) is 16.8 Å². The number of hydrogen-bond donors (Lipinski definition) is 1. The summed E-state index contributed by atoms with van der Waals surface area (Å²) in [6, 6.07) is 10.7. The van der Waals surface area contributed by atoms with Gasteiger partial charge in [0.05, 0.1) is 6.61 Å². The fourth-order valence-corrected chi connectivity index (χ4v) is 1.70. The van der Waals surface area contributed by atoms with Gasteiger partial charge in [0.25, 0.3) is 0 Å². The first-order valence-electron chi connectivity index (χ1n) is 5.72. The minimum atomic E-state index is -0.514. The Hall–Kier alpha value is -2.29. The van der Waals surface area contributed by atoms with Gasteiger partial charge >= 0.3 is 5.97 Å². The van der Waals surface area contributed by atoms with Crippen LogP contribution in [-0.4, -0.2) is 17.7 Å². The Labute approximate surface area is 105 Å². The van der Waals surface area contributed by atoms with E-state index in [1.807, 2.05) is 24.3 Å². The summed E-state index contributed by atoms with van der Waals surface area (Å²) in [6.07, 6.45) is 2.27. The molecule has 0 bridgehead atoms. The molecule has 2 aromatic carbocycles. The van der Waals surface area contributed by atoms with Gasteiger partial charge in [-0.25, -0.2) is 4.79 Å². The molecule has 92 valence electrons. The maximum atomic E-state index is 11.8. The lowest BCUT2D eigenvalue weighted by atomic mass is 10.1. The van der Waals surface area contributed by atoms with Gasteiger partial charge in [0.2, 0.25) is 0 Å². The number of rotatable bonds is 4. The average Bonchev–Trinajstić information content (AvgIpc) is 2.38. The van der Waals surface area contributed by atoms with Crippen molar-refractivity contribution in [1.82, 2.24) is 0 Å². The number of esters is 1. The minimum absolute atomic E-state index is 0.0581. The van der Waals surface area contributed by atoms with Crippen LogP contribution in [0.25, 0.3) is 10.8 Å². The molecule has 0 aromatic heterocycles. The summed E-state index contributed by atoms with van der Waals surface area (Å²) >= 11 is 0.